The molecule has 1 aromatic rings. The standard InChI is InChI=1S/C20H33N3O2.HI/c1-16-5-6-19(17(2)13-16)7-9-22-20(21-3)23-10-8-18(14-23)15-25-12-11-24-4;/h5-6,13,18H,7-12,14-15H2,1-4H3,(H,21,22);1H. The maximum absolute atomic E-state index is 5.67. The van der Waals surface area contributed by atoms with Crippen LogP contribution < -0.4 is 5.32 Å². The fourth-order valence-electron chi connectivity index (χ4n) is 3.32. The highest BCUT2D eigenvalue weighted by atomic mass is 127. The molecule has 1 N–H and O–H groups in total. The van der Waals surface area contributed by atoms with Crippen LogP contribution in [0.4, 0.5) is 0 Å². The summed E-state index contributed by atoms with van der Waals surface area (Å²) in [5.74, 6) is 1.58. The van der Waals surface area contributed by atoms with E-state index in [-0.39, 0.29) is 24.0 Å². The molecule has 0 saturated carbocycles. The van der Waals surface area contributed by atoms with Crippen molar-refractivity contribution in [1.82, 2.24) is 10.2 Å². The Labute approximate surface area is 175 Å². The SMILES string of the molecule is CN=C(NCCc1ccc(C)cc1C)N1CCC(COCCOC)C1.I. The molecule has 6 heteroatoms. The number of nitrogens with one attached hydrogen (secondary N) is 1. The van der Waals surface area contributed by atoms with Gasteiger partial charge in [-0.3, -0.25) is 4.99 Å². The van der Waals surface area contributed by atoms with Gasteiger partial charge in [0.1, 0.15) is 0 Å². The number of nitrogens with zero attached hydrogens (tertiary/aromatic N) is 2. The maximum atomic E-state index is 5.67. The number of rotatable bonds is 8. The molecule has 1 aliphatic heterocycles. The quantitative estimate of drug-likeness (QED) is 0.272. The predicted molar refractivity (Wildman–Crippen MR) is 119 cm³/mol. The Morgan fingerprint density at radius 3 is 2.81 bits per heavy atom. The number of aryl methyl sites for hydroxylation is 2. The Bertz CT molecular complexity index is 566. The number of ether oxygens (including phenoxy) is 2. The summed E-state index contributed by atoms with van der Waals surface area (Å²) in [5, 5.41) is 3.51. The number of guanidine groups is 1. The van der Waals surface area contributed by atoms with Crippen molar-refractivity contribution >= 4 is 29.9 Å². The summed E-state index contributed by atoms with van der Waals surface area (Å²) >= 11 is 0. The second-order valence-corrected chi connectivity index (χ2v) is 6.82. The number of hydrogen-bond acceptors (Lipinski definition) is 3. The molecule has 148 valence electrons. The van der Waals surface area contributed by atoms with Crippen LogP contribution in [-0.4, -0.2) is 64.5 Å². The maximum Gasteiger partial charge on any atom is 0.193 e. The Balaban J connectivity index is 0.00000338. The van der Waals surface area contributed by atoms with E-state index < -0.39 is 0 Å². The monoisotopic (exact) mass is 475 g/mol. The van der Waals surface area contributed by atoms with Crippen LogP contribution in [0.2, 0.25) is 0 Å². The minimum atomic E-state index is 0. The minimum Gasteiger partial charge on any atom is -0.382 e. The summed E-state index contributed by atoms with van der Waals surface area (Å²) in [6, 6.07) is 6.67. The number of halogens is 1. The second-order valence-electron chi connectivity index (χ2n) is 6.82. The number of aliphatic imine (C=N–C) groups is 1. The van der Waals surface area contributed by atoms with Gasteiger partial charge in [0.15, 0.2) is 5.96 Å². The molecule has 1 unspecified atom stereocenters. The highest BCUT2D eigenvalue weighted by Crippen LogP contribution is 2.17. The lowest BCUT2D eigenvalue weighted by atomic mass is 10.0. The molecule has 1 aliphatic rings. The van der Waals surface area contributed by atoms with Gasteiger partial charge in [0, 0.05) is 39.7 Å². The van der Waals surface area contributed by atoms with Gasteiger partial charge >= 0.3 is 0 Å². The van der Waals surface area contributed by atoms with Crippen molar-refractivity contribution in [2.24, 2.45) is 10.9 Å². The van der Waals surface area contributed by atoms with Crippen molar-refractivity contribution in [3.63, 3.8) is 0 Å². The Hall–Kier alpha value is -0.860. The molecule has 0 aromatic heterocycles. The molecular formula is C20H34IN3O2. The fraction of sp³-hybridized carbons (Fsp3) is 0.650. The third kappa shape index (κ3) is 7.40. The Kier molecular flexibility index (Phi) is 11.2. The molecule has 26 heavy (non-hydrogen) atoms. The highest BCUT2D eigenvalue weighted by Gasteiger charge is 2.24. The number of methoxy groups -OCH3 is 1. The van der Waals surface area contributed by atoms with E-state index >= 15 is 0 Å². The van der Waals surface area contributed by atoms with Crippen LogP contribution in [0.3, 0.4) is 0 Å². The van der Waals surface area contributed by atoms with Gasteiger partial charge in [-0.2, -0.15) is 0 Å². The van der Waals surface area contributed by atoms with E-state index in [2.05, 4.69) is 47.3 Å². The van der Waals surface area contributed by atoms with Crippen LogP contribution >= 0.6 is 24.0 Å². The molecule has 0 amide bonds. The molecule has 0 bridgehead atoms. The van der Waals surface area contributed by atoms with Crippen molar-refractivity contribution in [3.8, 4) is 0 Å². The van der Waals surface area contributed by atoms with Crippen molar-refractivity contribution in [2.75, 3.05) is 53.6 Å². The molecule has 1 saturated heterocycles. The molecule has 0 radical (unpaired) electrons. The van der Waals surface area contributed by atoms with Crippen molar-refractivity contribution in [1.29, 1.82) is 0 Å². The molecule has 0 aliphatic carbocycles. The minimum absolute atomic E-state index is 0. The van der Waals surface area contributed by atoms with Crippen molar-refractivity contribution < 1.29 is 9.47 Å². The van der Waals surface area contributed by atoms with Gasteiger partial charge < -0.3 is 19.7 Å². The third-order valence-electron chi connectivity index (χ3n) is 4.76. The summed E-state index contributed by atoms with van der Waals surface area (Å²) in [4.78, 5) is 6.79. The summed E-state index contributed by atoms with van der Waals surface area (Å²) in [5.41, 5.74) is 4.09. The van der Waals surface area contributed by atoms with Gasteiger partial charge in [0.25, 0.3) is 0 Å². The second kappa shape index (κ2) is 12.5. The lowest BCUT2D eigenvalue weighted by Gasteiger charge is -2.22. The van der Waals surface area contributed by atoms with E-state index in [9.17, 15) is 0 Å². The largest absolute Gasteiger partial charge is 0.382 e. The first-order valence-electron chi connectivity index (χ1n) is 9.22. The van der Waals surface area contributed by atoms with Crippen LogP contribution in [0.5, 0.6) is 0 Å². The summed E-state index contributed by atoms with van der Waals surface area (Å²) in [7, 11) is 3.57. The molecular weight excluding hydrogens is 441 g/mol. The molecule has 1 fully saturated rings. The number of likely N-dealkylation sites (tertiary alicyclic amines) is 1. The first-order valence-corrected chi connectivity index (χ1v) is 9.22. The first kappa shape index (κ1) is 23.2. The van der Waals surface area contributed by atoms with E-state index in [1.165, 1.54) is 16.7 Å². The zero-order valence-electron chi connectivity index (χ0n) is 16.6. The first-order chi connectivity index (χ1) is 12.1. The van der Waals surface area contributed by atoms with Gasteiger partial charge in [-0.15, -0.1) is 24.0 Å². The number of benzene rings is 1. The third-order valence-corrected chi connectivity index (χ3v) is 4.76. The van der Waals surface area contributed by atoms with Gasteiger partial charge in [-0.05, 0) is 37.8 Å². The smallest absolute Gasteiger partial charge is 0.193 e. The molecule has 1 atom stereocenters. The van der Waals surface area contributed by atoms with Crippen LogP contribution in [0.25, 0.3) is 0 Å². The fourth-order valence-corrected chi connectivity index (χ4v) is 3.32. The summed E-state index contributed by atoms with van der Waals surface area (Å²) in [6.07, 6.45) is 2.17. The normalized spacial score (nSPS) is 17.3. The van der Waals surface area contributed by atoms with E-state index in [0.717, 1.165) is 45.0 Å². The molecule has 1 aromatic carbocycles. The zero-order chi connectivity index (χ0) is 18.1. The van der Waals surface area contributed by atoms with Crippen molar-refractivity contribution in [3.05, 3.63) is 34.9 Å². The van der Waals surface area contributed by atoms with E-state index in [1.807, 2.05) is 7.05 Å². The van der Waals surface area contributed by atoms with E-state index in [1.54, 1.807) is 7.11 Å². The van der Waals surface area contributed by atoms with E-state index in [0.29, 0.717) is 19.1 Å². The summed E-state index contributed by atoms with van der Waals surface area (Å²) in [6.45, 7) is 9.43. The number of hydrogen-bond donors (Lipinski definition) is 1. The van der Waals surface area contributed by atoms with Crippen LogP contribution in [0, 0.1) is 19.8 Å². The molecule has 2 rings (SSSR count). The predicted octanol–water partition coefficient (Wildman–Crippen LogP) is 3.02. The molecule has 5 nitrogen and oxygen atoms in total. The van der Waals surface area contributed by atoms with Gasteiger partial charge in [0.05, 0.1) is 19.8 Å². The highest BCUT2D eigenvalue weighted by molar-refractivity contribution is 14.0. The van der Waals surface area contributed by atoms with Gasteiger partial charge in [0.2, 0.25) is 0 Å². The van der Waals surface area contributed by atoms with Crippen LogP contribution in [-0.2, 0) is 15.9 Å². The van der Waals surface area contributed by atoms with Gasteiger partial charge in [-0.1, -0.05) is 23.8 Å². The Morgan fingerprint density at radius 1 is 1.31 bits per heavy atom. The van der Waals surface area contributed by atoms with E-state index in [4.69, 9.17) is 9.47 Å². The van der Waals surface area contributed by atoms with Crippen LogP contribution in [0.1, 0.15) is 23.1 Å². The topological polar surface area (TPSA) is 46.1 Å². The summed E-state index contributed by atoms with van der Waals surface area (Å²) < 4.78 is 10.7. The average molecular weight is 475 g/mol. The Morgan fingerprint density at radius 2 is 2.12 bits per heavy atom. The molecule has 0 spiro atoms. The lowest BCUT2D eigenvalue weighted by Crippen LogP contribution is -2.41. The van der Waals surface area contributed by atoms with Gasteiger partial charge in [-0.25, -0.2) is 0 Å². The molecule has 1 heterocycles. The lowest BCUT2D eigenvalue weighted by molar-refractivity contribution is 0.0536. The average Bonchev–Trinajstić information content (AvgIpc) is 3.06. The van der Waals surface area contributed by atoms with Crippen LogP contribution in [0.15, 0.2) is 23.2 Å². The zero-order valence-corrected chi connectivity index (χ0v) is 18.9. The van der Waals surface area contributed by atoms with Crippen molar-refractivity contribution in [2.45, 2.75) is 26.7 Å².